The zero-order chi connectivity index (χ0) is 14.0. The van der Waals surface area contributed by atoms with Crippen molar-refractivity contribution in [2.75, 3.05) is 19.6 Å². The molecule has 1 aliphatic heterocycles. The van der Waals surface area contributed by atoms with Crippen LogP contribution in [0.15, 0.2) is 6.20 Å². The molecule has 2 rings (SSSR count). The molecule has 1 fully saturated rings. The van der Waals surface area contributed by atoms with Crippen LogP contribution in [0.1, 0.15) is 44.2 Å². The number of H-pyrrole nitrogens is 1. The van der Waals surface area contributed by atoms with Gasteiger partial charge in [-0.15, -0.1) is 0 Å². The summed E-state index contributed by atoms with van der Waals surface area (Å²) in [6.45, 7) is 7.22. The molecule has 108 valence electrons. The Morgan fingerprint density at radius 1 is 1.47 bits per heavy atom. The number of aromatic amines is 1. The minimum Gasteiger partial charge on any atom is -0.345 e. The van der Waals surface area contributed by atoms with Crippen LogP contribution >= 0.6 is 0 Å². The van der Waals surface area contributed by atoms with E-state index in [2.05, 4.69) is 9.97 Å². The number of aromatic nitrogens is 2. The van der Waals surface area contributed by atoms with E-state index < -0.39 is 10.2 Å². The van der Waals surface area contributed by atoms with Crippen molar-refractivity contribution in [1.29, 1.82) is 0 Å². The molecule has 1 unspecified atom stereocenters. The van der Waals surface area contributed by atoms with Gasteiger partial charge in [0.2, 0.25) is 0 Å². The SMILES string of the molecule is CCN(CC)S(=O)(=O)N1CCCC1c1ncc(C)[nH]1. The lowest BCUT2D eigenvalue weighted by Gasteiger charge is -2.28. The van der Waals surface area contributed by atoms with Crippen LogP contribution in [-0.4, -0.2) is 46.6 Å². The summed E-state index contributed by atoms with van der Waals surface area (Å²) in [5.41, 5.74) is 0.960. The minimum atomic E-state index is -3.38. The van der Waals surface area contributed by atoms with E-state index in [1.54, 1.807) is 10.5 Å². The first kappa shape index (κ1) is 14.5. The third-order valence-corrected chi connectivity index (χ3v) is 5.77. The number of imidazole rings is 1. The molecule has 2 heterocycles. The highest BCUT2D eigenvalue weighted by Gasteiger charge is 2.39. The Balaban J connectivity index is 2.28. The molecule has 1 aliphatic rings. The van der Waals surface area contributed by atoms with Crippen LogP contribution in [0.2, 0.25) is 0 Å². The average molecular weight is 286 g/mol. The highest BCUT2D eigenvalue weighted by atomic mass is 32.2. The van der Waals surface area contributed by atoms with Crippen molar-refractivity contribution >= 4 is 10.2 Å². The molecular formula is C12H22N4O2S. The predicted molar refractivity (Wildman–Crippen MR) is 73.8 cm³/mol. The van der Waals surface area contributed by atoms with Gasteiger partial charge in [-0.25, -0.2) is 4.98 Å². The fourth-order valence-electron chi connectivity index (χ4n) is 2.59. The Labute approximate surface area is 115 Å². The maximum atomic E-state index is 12.6. The van der Waals surface area contributed by atoms with Gasteiger partial charge in [0.25, 0.3) is 10.2 Å². The van der Waals surface area contributed by atoms with Crippen molar-refractivity contribution < 1.29 is 8.42 Å². The van der Waals surface area contributed by atoms with Gasteiger partial charge >= 0.3 is 0 Å². The normalized spacial score (nSPS) is 21.4. The zero-order valence-electron chi connectivity index (χ0n) is 11.8. The number of nitrogens with one attached hydrogen (secondary N) is 1. The summed E-state index contributed by atoms with van der Waals surface area (Å²) in [5.74, 6) is 0.755. The molecule has 0 aliphatic carbocycles. The molecule has 0 radical (unpaired) electrons. The first-order valence-corrected chi connectivity index (χ1v) is 8.18. The lowest BCUT2D eigenvalue weighted by Crippen LogP contribution is -2.43. The van der Waals surface area contributed by atoms with Gasteiger partial charge in [-0.05, 0) is 19.8 Å². The van der Waals surface area contributed by atoms with E-state index in [4.69, 9.17) is 0 Å². The van der Waals surface area contributed by atoms with E-state index in [-0.39, 0.29) is 6.04 Å². The largest absolute Gasteiger partial charge is 0.345 e. The Morgan fingerprint density at radius 2 is 2.16 bits per heavy atom. The molecule has 0 aromatic carbocycles. The topological polar surface area (TPSA) is 69.3 Å². The van der Waals surface area contributed by atoms with Crippen LogP contribution in [0.5, 0.6) is 0 Å². The Morgan fingerprint density at radius 3 is 2.68 bits per heavy atom. The lowest BCUT2D eigenvalue weighted by atomic mass is 10.2. The van der Waals surface area contributed by atoms with Crippen molar-refractivity contribution in [2.45, 2.75) is 39.7 Å². The van der Waals surface area contributed by atoms with Gasteiger partial charge in [0.1, 0.15) is 5.82 Å². The van der Waals surface area contributed by atoms with Gasteiger partial charge in [-0.3, -0.25) is 0 Å². The van der Waals surface area contributed by atoms with Crippen molar-refractivity contribution in [3.8, 4) is 0 Å². The molecule has 1 atom stereocenters. The maximum Gasteiger partial charge on any atom is 0.282 e. The predicted octanol–water partition coefficient (Wildman–Crippen LogP) is 1.44. The van der Waals surface area contributed by atoms with Crippen molar-refractivity contribution in [1.82, 2.24) is 18.6 Å². The summed E-state index contributed by atoms with van der Waals surface area (Å²) >= 11 is 0. The summed E-state index contributed by atoms with van der Waals surface area (Å²) in [4.78, 5) is 7.45. The first-order valence-electron chi connectivity index (χ1n) is 6.79. The smallest absolute Gasteiger partial charge is 0.282 e. The lowest BCUT2D eigenvalue weighted by molar-refractivity contribution is 0.332. The second-order valence-electron chi connectivity index (χ2n) is 4.81. The molecule has 1 saturated heterocycles. The minimum absolute atomic E-state index is 0.153. The van der Waals surface area contributed by atoms with Crippen LogP contribution in [0.4, 0.5) is 0 Å². The monoisotopic (exact) mass is 286 g/mol. The van der Waals surface area contributed by atoms with Crippen molar-refractivity contribution in [3.63, 3.8) is 0 Å². The summed E-state index contributed by atoms with van der Waals surface area (Å²) in [5, 5.41) is 0. The third kappa shape index (κ3) is 2.68. The summed E-state index contributed by atoms with van der Waals surface area (Å²) in [6.07, 6.45) is 3.45. The second kappa shape index (κ2) is 5.60. The highest BCUT2D eigenvalue weighted by Crippen LogP contribution is 2.33. The second-order valence-corrected chi connectivity index (χ2v) is 6.69. The Kier molecular flexibility index (Phi) is 4.27. The van der Waals surface area contributed by atoms with Crippen LogP contribution in [0.25, 0.3) is 0 Å². The van der Waals surface area contributed by atoms with E-state index in [1.165, 1.54) is 4.31 Å². The Bertz CT molecular complexity index is 522. The van der Waals surface area contributed by atoms with Crippen molar-refractivity contribution in [2.24, 2.45) is 0 Å². The van der Waals surface area contributed by atoms with Crippen LogP contribution in [-0.2, 0) is 10.2 Å². The molecule has 1 aromatic heterocycles. The molecule has 1 N–H and O–H groups in total. The third-order valence-electron chi connectivity index (χ3n) is 3.57. The Hall–Kier alpha value is -0.920. The molecule has 0 saturated carbocycles. The molecule has 0 amide bonds. The first-order chi connectivity index (χ1) is 9.00. The van der Waals surface area contributed by atoms with Gasteiger partial charge in [-0.1, -0.05) is 13.8 Å². The quantitative estimate of drug-likeness (QED) is 0.890. The number of hydrogen-bond donors (Lipinski definition) is 1. The number of hydrogen-bond acceptors (Lipinski definition) is 3. The molecule has 6 nitrogen and oxygen atoms in total. The maximum absolute atomic E-state index is 12.6. The fraction of sp³-hybridized carbons (Fsp3) is 0.750. The summed E-state index contributed by atoms with van der Waals surface area (Å²) in [6, 6.07) is -0.153. The van der Waals surface area contributed by atoms with Gasteiger partial charge in [0.05, 0.1) is 6.04 Å². The van der Waals surface area contributed by atoms with E-state index >= 15 is 0 Å². The zero-order valence-corrected chi connectivity index (χ0v) is 12.6. The standard InChI is InChI=1S/C12H22N4O2S/c1-4-15(5-2)19(17,18)16-8-6-7-11(16)12-13-9-10(3)14-12/h9,11H,4-8H2,1-3H3,(H,13,14). The van der Waals surface area contributed by atoms with Gasteiger partial charge in [-0.2, -0.15) is 17.0 Å². The average Bonchev–Trinajstić information content (AvgIpc) is 2.98. The molecular weight excluding hydrogens is 264 g/mol. The molecule has 0 bridgehead atoms. The van der Waals surface area contributed by atoms with Crippen molar-refractivity contribution in [3.05, 3.63) is 17.7 Å². The molecule has 1 aromatic rings. The van der Waals surface area contributed by atoms with Crippen LogP contribution < -0.4 is 0 Å². The number of nitrogens with zero attached hydrogens (tertiary/aromatic N) is 3. The summed E-state index contributed by atoms with van der Waals surface area (Å²) < 4.78 is 28.3. The van der Waals surface area contributed by atoms with Gasteiger partial charge in [0, 0.05) is 31.5 Å². The van der Waals surface area contributed by atoms with Gasteiger partial charge < -0.3 is 4.98 Å². The summed E-state index contributed by atoms with van der Waals surface area (Å²) in [7, 11) is -3.38. The van der Waals surface area contributed by atoms with Crippen LogP contribution in [0, 0.1) is 6.92 Å². The van der Waals surface area contributed by atoms with E-state index in [9.17, 15) is 8.42 Å². The molecule has 7 heteroatoms. The highest BCUT2D eigenvalue weighted by molar-refractivity contribution is 7.86. The number of rotatable bonds is 5. The van der Waals surface area contributed by atoms with Gasteiger partial charge in [0.15, 0.2) is 0 Å². The van der Waals surface area contributed by atoms with E-state index in [0.29, 0.717) is 19.6 Å². The van der Waals surface area contributed by atoms with Crippen LogP contribution in [0.3, 0.4) is 0 Å². The molecule has 0 spiro atoms. The fourth-order valence-corrected chi connectivity index (χ4v) is 4.43. The number of aryl methyl sites for hydroxylation is 1. The van der Waals surface area contributed by atoms with E-state index in [1.807, 2.05) is 20.8 Å². The van der Waals surface area contributed by atoms with E-state index in [0.717, 1.165) is 24.4 Å². The molecule has 19 heavy (non-hydrogen) atoms.